The number of benzene rings is 2. The minimum absolute atomic E-state index is 0.0572. The summed E-state index contributed by atoms with van der Waals surface area (Å²) in [5, 5.41) is 0. The second-order valence-electron chi connectivity index (χ2n) is 7.15. The Balaban J connectivity index is 1.80. The maximum atomic E-state index is 12.9. The molecule has 0 unspecified atom stereocenters. The molecule has 0 bridgehead atoms. The molecule has 0 spiro atoms. The highest BCUT2D eigenvalue weighted by Crippen LogP contribution is 2.31. The lowest BCUT2D eigenvalue weighted by molar-refractivity contribution is -0.137. The summed E-state index contributed by atoms with van der Waals surface area (Å²) in [7, 11) is -2.25. The maximum Gasteiger partial charge on any atom is 0.416 e. The molecule has 29 heavy (non-hydrogen) atoms. The van der Waals surface area contributed by atoms with Gasteiger partial charge in [0.2, 0.25) is 0 Å². The Morgan fingerprint density at radius 2 is 1.72 bits per heavy atom. The van der Waals surface area contributed by atoms with E-state index in [1.807, 2.05) is 7.05 Å². The highest BCUT2D eigenvalue weighted by molar-refractivity contribution is 7.92. The lowest BCUT2D eigenvalue weighted by atomic mass is 9.89. The third-order valence-electron chi connectivity index (χ3n) is 4.96. The van der Waals surface area contributed by atoms with Crippen molar-refractivity contribution >= 4 is 21.5 Å². The van der Waals surface area contributed by atoms with Gasteiger partial charge in [0.15, 0.2) is 5.78 Å². The van der Waals surface area contributed by atoms with Crippen LogP contribution in [0.15, 0.2) is 53.4 Å². The Morgan fingerprint density at radius 3 is 2.38 bits per heavy atom. The van der Waals surface area contributed by atoms with Crippen LogP contribution in [0.2, 0.25) is 0 Å². The van der Waals surface area contributed by atoms with Crippen molar-refractivity contribution in [2.75, 3.05) is 24.9 Å². The molecule has 0 aliphatic carbocycles. The quantitative estimate of drug-likeness (QED) is 0.733. The minimum atomic E-state index is -4.65. The van der Waals surface area contributed by atoms with Crippen molar-refractivity contribution in [3.05, 3.63) is 59.7 Å². The number of anilines is 1. The summed E-state index contributed by atoms with van der Waals surface area (Å²) in [6.07, 6.45) is -3.18. The molecule has 0 aromatic heterocycles. The number of carbonyl (C=O) groups is 1. The minimum Gasteiger partial charge on any atom is -0.306 e. The smallest absolute Gasteiger partial charge is 0.306 e. The van der Waals surface area contributed by atoms with Gasteiger partial charge in [0.1, 0.15) is 0 Å². The molecule has 1 heterocycles. The molecule has 9 heteroatoms. The fourth-order valence-corrected chi connectivity index (χ4v) is 4.39. The van der Waals surface area contributed by atoms with Crippen molar-refractivity contribution in [1.82, 2.24) is 4.90 Å². The largest absolute Gasteiger partial charge is 0.416 e. The van der Waals surface area contributed by atoms with Gasteiger partial charge < -0.3 is 4.90 Å². The molecule has 2 aromatic rings. The SMILES string of the molecule is CN1CCC(C(=O)c2cccc(NS(=O)(=O)c3cccc(C(F)(F)F)c3)c2)CC1. The van der Waals surface area contributed by atoms with Crippen molar-refractivity contribution < 1.29 is 26.4 Å². The van der Waals surface area contributed by atoms with E-state index in [4.69, 9.17) is 0 Å². The van der Waals surface area contributed by atoms with Gasteiger partial charge >= 0.3 is 6.18 Å². The van der Waals surface area contributed by atoms with Crippen LogP contribution < -0.4 is 4.72 Å². The number of nitrogens with one attached hydrogen (secondary N) is 1. The summed E-state index contributed by atoms with van der Waals surface area (Å²) in [5.41, 5.74) is -0.545. The average molecular weight is 426 g/mol. The van der Waals surface area contributed by atoms with Gasteiger partial charge in [-0.25, -0.2) is 8.42 Å². The number of carbonyl (C=O) groups excluding carboxylic acids is 1. The monoisotopic (exact) mass is 426 g/mol. The molecule has 0 saturated carbocycles. The fourth-order valence-electron chi connectivity index (χ4n) is 3.30. The van der Waals surface area contributed by atoms with Gasteiger partial charge in [-0.15, -0.1) is 0 Å². The fraction of sp³-hybridized carbons (Fsp3) is 0.350. The molecule has 1 saturated heterocycles. The number of piperidine rings is 1. The van der Waals surface area contributed by atoms with Crippen LogP contribution in [-0.2, 0) is 16.2 Å². The summed E-state index contributed by atoms with van der Waals surface area (Å²) in [6, 6.07) is 9.55. The zero-order valence-electron chi connectivity index (χ0n) is 15.7. The van der Waals surface area contributed by atoms with Crippen molar-refractivity contribution in [3.63, 3.8) is 0 Å². The first-order valence-electron chi connectivity index (χ1n) is 9.09. The van der Waals surface area contributed by atoms with Crippen LogP contribution in [0.4, 0.5) is 18.9 Å². The third-order valence-corrected chi connectivity index (χ3v) is 6.34. The van der Waals surface area contributed by atoms with Crippen molar-refractivity contribution in [2.24, 2.45) is 5.92 Å². The van der Waals surface area contributed by atoms with Gasteiger partial charge in [0.25, 0.3) is 10.0 Å². The number of halogens is 3. The molecule has 2 aromatic carbocycles. The molecule has 5 nitrogen and oxygen atoms in total. The highest BCUT2D eigenvalue weighted by Gasteiger charge is 2.31. The van der Waals surface area contributed by atoms with Crippen molar-refractivity contribution in [2.45, 2.75) is 23.9 Å². The molecule has 1 aliphatic rings. The van der Waals surface area contributed by atoms with E-state index in [1.165, 1.54) is 12.1 Å². The zero-order chi connectivity index (χ0) is 21.2. The van der Waals surface area contributed by atoms with E-state index in [0.717, 1.165) is 44.1 Å². The summed E-state index contributed by atoms with van der Waals surface area (Å²) in [6.45, 7) is 1.64. The second-order valence-corrected chi connectivity index (χ2v) is 8.84. The Hall–Kier alpha value is -2.39. The lowest BCUT2D eigenvalue weighted by Crippen LogP contribution is -2.33. The number of ketones is 1. The van der Waals surface area contributed by atoms with E-state index in [-0.39, 0.29) is 17.4 Å². The molecule has 0 atom stereocenters. The zero-order valence-corrected chi connectivity index (χ0v) is 16.6. The summed E-state index contributed by atoms with van der Waals surface area (Å²) in [4.78, 5) is 14.4. The molecule has 0 amide bonds. The van der Waals surface area contributed by atoms with Gasteiger partial charge in [-0.05, 0) is 63.3 Å². The Labute approximate surface area is 167 Å². The van der Waals surface area contributed by atoms with Crippen LogP contribution in [0.1, 0.15) is 28.8 Å². The molecular weight excluding hydrogens is 405 g/mol. The van der Waals surface area contributed by atoms with E-state index in [9.17, 15) is 26.4 Å². The van der Waals surface area contributed by atoms with Gasteiger partial charge in [-0.3, -0.25) is 9.52 Å². The van der Waals surface area contributed by atoms with Crippen LogP contribution in [-0.4, -0.2) is 39.2 Å². The van der Waals surface area contributed by atoms with Gasteiger partial charge in [0.05, 0.1) is 10.5 Å². The number of hydrogen-bond acceptors (Lipinski definition) is 4. The third kappa shape index (κ3) is 5.16. The first-order chi connectivity index (χ1) is 13.6. The predicted molar refractivity (Wildman–Crippen MR) is 103 cm³/mol. The number of alkyl halides is 3. The van der Waals surface area contributed by atoms with E-state index in [2.05, 4.69) is 9.62 Å². The molecule has 1 N–H and O–H groups in total. The molecule has 3 rings (SSSR count). The Kier molecular flexibility index (Phi) is 6.00. The number of rotatable bonds is 5. The Bertz CT molecular complexity index is 998. The normalized spacial score (nSPS) is 16.6. The summed E-state index contributed by atoms with van der Waals surface area (Å²) < 4.78 is 65.9. The molecule has 156 valence electrons. The van der Waals surface area contributed by atoms with Crippen molar-refractivity contribution in [3.8, 4) is 0 Å². The van der Waals surface area contributed by atoms with Crippen molar-refractivity contribution in [1.29, 1.82) is 0 Å². The number of likely N-dealkylation sites (tertiary alicyclic amines) is 1. The summed E-state index contributed by atoms with van der Waals surface area (Å²) in [5.74, 6) is -0.181. The predicted octanol–water partition coefficient (Wildman–Crippen LogP) is 4.03. The average Bonchev–Trinajstić information content (AvgIpc) is 2.67. The number of nitrogens with zero attached hydrogens (tertiary/aromatic N) is 1. The number of Topliss-reactive ketones (excluding diaryl/α,β-unsaturated/α-hetero) is 1. The van der Waals surface area contributed by atoms with Gasteiger partial charge in [-0.2, -0.15) is 13.2 Å². The van der Waals surface area contributed by atoms with Crippen LogP contribution in [0.25, 0.3) is 0 Å². The van der Waals surface area contributed by atoms with Gasteiger partial charge in [0, 0.05) is 17.2 Å². The number of hydrogen-bond donors (Lipinski definition) is 1. The highest BCUT2D eigenvalue weighted by atomic mass is 32.2. The van der Waals surface area contributed by atoms with E-state index in [0.29, 0.717) is 11.6 Å². The topological polar surface area (TPSA) is 66.5 Å². The standard InChI is InChI=1S/C20H21F3N2O3S/c1-25-10-8-14(9-11-25)19(26)15-4-2-6-17(12-15)24-29(27,28)18-7-3-5-16(13-18)20(21,22)23/h2-7,12-14,24H,8-11H2,1H3. The van der Waals surface area contributed by atoms with Gasteiger partial charge in [-0.1, -0.05) is 18.2 Å². The second kappa shape index (κ2) is 8.16. The van der Waals surface area contributed by atoms with Crippen LogP contribution in [0, 0.1) is 5.92 Å². The van der Waals surface area contributed by atoms with E-state index < -0.39 is 26.7 Å². The summed E-state index contributed by atoms with van der Waals surface area (Å²) >= 11 is 0. The van der Waals surface area contributed by atoms with Crippen LogP contribution in [0.3, 0.4) is 0 Å². The van der Waals surface area contributed by atoms with E-state index in [1.54, 1.807) is 12.1 Å². The molecule has 1 fully saturated rings. The lowest BCUT2D eigenvalue weighted by Gasteiger charge is -2.28. The Morgan fingerprint density at radius 1 is 1.07 bits per heavy atom. The van der Waals surface area contributed by atoms with Crippen LogP contribution in [0.5, 0.6) is 0 Å². The molecule has 0 radical (unpaired) electrons. The molecular formula is C20H21F3N2O3S. The van der Waals surface area contributed by atoms with Crippen LogP contribution >= 0.6 is 0 Å². The molecule has 1 aliphatic heterocycles. The first-order valence-corrected chi connectivity index (χ1v) is 10.6. The number of sulfonamides is 1. The van der Waals surface area contributed by atoms with E-state index >= 15 is 0 Å². The first kappa shape index (κ1) is 21.3. The maximum absolute atomic E-state index is 12.9.